The summed E-state index contributed by atoms with van der Waals surface area (Å²) in [7, 11) is -3.47. The second-order valence-corrected chi connectivity index (χ2v) is 8.76. The van der Waals surface area contributed by atoms with Gasteiger partial charge >= 0.3 is 0 Å². The zero-order valence-corrected chi connectivity index (χ0v) is 14.9. The Kier molecular flexibility index (Phi) is 4.41. The highest BCUT2D eigenvalue weighted by atomic mass is 32.2. The predicted molar refractivity (Wildman–Crippen MR) is 89.7 cm³/mol. The number of hydrogen-bond donors (Lipinski definition) is 1. The minimum atomic E-state index is -3.47. The fourth-order valence-electron chi connectivity index (χ4n) is 2.81. The van der Waals surface area contributed by atoms with Crippen molar-refractivity contribution in [2.75, 3.05) is 26.2 Å². The van der Waals surface area contributed by atoms with Crippen molar-refractivity contribution in [1.82, 2.24) is 29.8 Å². The van der Waals surface area contributed by atoms with Crippen LogP contribution < -0.4 is 0 Å². The number of hydrogen-bond acceptors (Lipinski definition) is 6. The summed E-state index contributed by atoms with van der Waals surface area (Å²) in [6, 6.07) is 6.58. The fraction of sp³-hybridized carbons (Fsp3) is 0.533. The maximum absolute atomic E-state index is 12.8. The average molecular weight is 350 g/mol. The SMILES string of the molecule is CC(C)(C)N1CCN(S(=O)(=O)c2ccc(-c3nn[nH]n3)cc2)CC1. The summed E-state index contributed by atoms with van der Waals surface area (Å²) in [6.07, 6.45) is 0. The quantitative estimate of drug-likeness (QED) is 0.886. The second-order valence-electron chi connectivity index (χ2n) is 6.82. The predicted octanol–water partition coefficient (Wildman–Crippen LogP) is 0.971. The van der Waals surface area contributed by atoms with Crippen LogP contribution in [0.1, 0.15) is 20.8 Å². The van der Waals surface area contributed by atoms with Crippen LogP contribution in [0.5, 0.6) is 0 Å². The molecule has 1 aromatic heterocycles. The van der Waals surface area contributed by atoms with Crippen LogP contribution in [0, 0.1) is 0 Å². The summed E-state index contributed by atoms with van der Waals surface area (Å²) >= 11 is 0. The zero-order valence-electron chi connectivity index (χ0n) is 14.1. The van der Waals surface area contributed by atoms with E-state index in [0.29, 0.717) is 23.8 Å². The zero-order chi connectivity index (χ0) is 17.4. The maximum atomic E-state index is 12.8. The van der Waals surface area contributed by atoms with Crippen LogP contribution in [-0.4, -0.2) is 70.0 Å². The van der Waals surface area contributed by atoms with Gasteiger partial charge in [-0.15, -0.1) is 10.2 Å². The second kappa shape index (κ2) is 6.23. The maximum Gasteiger partial charge on any atom is 0.243 e. The summed E-state index contributed by atoms with van der Waals surface area (Å²) in [6.45, 7) is 8.93. The summed E-state index contributed by atoms with van der Waals surface area (Å²) in [5, 5.41) is 13.7. The molecule has 130 valence electrons. The minimum absolute atomic E-state index is 0.0576. The highest BCUT2D eigenvalue weighted by Crippen LogP contribution is 2.23. The number of piperazine rings is 1. The topological polar surface area (TPSA) is 95.1 Å². The van der Waals surface area contributed by atoms with Crippen LogP contribution in [0.15, 0.2) is 29.2 Å². The van der Waals surface area contributed by atoms with Gasteiger partial charge in [-0.05, 0) is 50.3 Å². The van der Waals surface area contributed by atoms with E-state index >= 15 is 0 Å². The van der Waals surface area contributed by atoms with E-state index in [-0.39, 0.29) is 5.54 Å². The summed E-state index contributed by atoms with van der Waals surface area (Å²) in [4.78, 5) is 2.59. The van der Waals surface area contributed by atoms with Gasteiger partial charge in [-0.2, -0.15) is 9.52 Å². The fourth-order valence-corrected chi connectivity index (χ4v) is 4.23. The number of sulfonamides is 1. The van der Waals surface area contributed by atoms with Gasteiger partial charge < -0.3 is 0 Å². The van der Waals surface area contributed by atoms with E-state index in [1.54, 1.807) is 28.6 Å². The van der Waals surface area contributed by atoms with Crippen molar-refractivity contribution >= 4 is 10.0 Å². The first-order valence-electron chi connectivity index (χ1n) is 7.87. The number of nitrogens with zero attached hydrogens (tertiary/aromatic N) is 5. The third kappa shape index (κ3) is 3.33. The van der Waals surface area contributed by atoms with E-state index < -0.39 is 10.0 Å². The number of tetrazole rings is 1. The number of rotatable bonds is 3. The van der Waals surface area contributed by atoms with Crippen LogP contribution in [0.2, 0.25) is 0 Å². The van der Waals surface area contributed by atoms with Gasteiger partial charge in [-0.1, -0.05) is 0 Å². The molecule has 0 amide bonds. The molecule has 0 aliphatic carbocycles. The number of benzene rings is 1. The Bertz CT molecular complexity index is 772. The van der Waals surface area contributed by atoms with Gasteiger partial charge in [0.15, 0.2) is 0 Å². The third-order valence-corrected chi connectivity index (χ3v) is 6.20. The van der Waals surface area contributed by atoms with Crippen LogP contribution >= 0.6 is 0 Å². The third-order valence-electron chi connectivity index (χ3n) is 4.28. The number of aromatic nitrogens is 4. The first kappa shape index (κ1) is 17.0. The number of H-pyrrole nitrogens is 1. The molecule has 8 nitrogen and oxygen atoms in total. The molecular formula is C15H22N6O2S. The lowest BCUT2D eigenvalue weighted by molar-refractivity contribution is 0.0922. The summed E-state index contributed by atoms with van der Waals surface area (Å²) in [5.41, 5.74) is 0.780. The molecule has 24 heavy (non-hydrogen) atoms. The molecule has 1 fully saturated rings. The van der Waals surface area contributed by atoms with Crippen molar-refractivity contribution in [2.45, 2.75) is 31.2 Å². The van der Waals surface area contributed by atoms with Gasteiger partial charge in [0.1, 0.15) is 0 Å². The Morgan fingerprint density at radius 2 is 1.67 bits per heavy atom. The Morgan fingerprint density at radius 3 is 2.17 bits per heavy atom. The molecule has 0 atom stereocenters. The highest BCUT2D eigenvalue weighted by Gasteiger charge is 2.32. The van der Waals surface area contributed by atoms with Crippen LogP contribution in [0.25, 0.3) is 11.4 Å². The van der Waals surface area contributed by atoms with Gasteiger partial charge in [-0.3, -0.25) is 4.90 Å². The van der Waals surface area contributed by atoms with Crippen LogP contribution in [-0.2, 0) is 10.0 Å². The Hall–Kier alpha value is -1.84. The monoisotopic (exact) mass is 350 g/mol. The van der Waals surface area contributed by atoms with Crippen molar-refractivity contribution in [3.63, 3.8) is 0 Å². The Labute approximate surface area is 141 Å². The minimum Gasteiger partial charge on any atom is -0.296 e. The van der Waals surface area contributed by atoms with Crippen LogP contribution in [0.4, 0.5) is 0 Å². The highest BCUT2D eigenvalue weighted by molar-refractivity contribution is 7.89. The van der Waals surface area contributed by atoms with Crippen molar-refractivity contribution in [1.29, 1.82) is 0 Å². The summed E-state index contributed by atoms with van der Waals surface area (Å²) in [5.74, 6) is 0.442. The molecule has 0 unspecified atom stereocenters. The molecule has 1 aliphatic heterocycles. The Morgan fingerprint density at radius 1 is 1.04 bits per heavy atom. The van der Waals surface area contributed by atoms with Gasteiger partial charge in [0.25, 0.3) is 0 Å². The Balaban J connectivity index is 1.74. The van der Waals surface area contributed by atoms with Crippen molar-refractivity contribution < 1.29 is 8.42 Å². The molecule has 2 heterocycles. The lowest BCUT2D eigenvalue weighted by atomic mass is 10.1. The lowest BCUT2D eigenvalue weighted by Crippen LogP contribution is -2.54. The van der Waals surface area contributed by atoms with Crippen molar-refractivity contribution in [3.05, 3.63) is 24.3 Å². The molecular weight excluding hydrogens is 328 g/mol. The van der Waals surface area contributed by atoms with E-state index in [9.17, 15) is 8.42 Å². The molecule has 1 aromatic carbocycles. The number of aromatic amines is 1. The first-order valence-corrected chi connectivity index (χ1v) is 9.31. The van der Waals surface area contributed by atoms with Gasteiger partial charge in [0.2, 0.25) is 15.8 Å². The van der Waals surface area contributed by atoms with Crippen molar-refractivity contribution in [3.8, 4) is 11.4 Å². The van der Waals surface area contributed by atoms with Crippen molar-refractivity contribution in [2.24, 2.45) is 0 Å². The van der Waals surface area contributed by atoms with E-state index in [1.165, 1.54) is 0 Å². The van der Waals surface area contributed by atoms with Crippen LogP contribution in [0.3, 0.4) is 0 Å². The molecule has 0 saturated carbocycles. The molecule has 0 radical (unpaired) electrons. The van der Waals surface area contributed by atoms with E-state index in [2.05, 4.69) is 46.3 Å². The standard InChI is InChI=1S/C15H22N6O2S/c1-15(2,3)20-8-10-21(11-9-20)24(22,23)13-6-4-12(5-7-13)14-16-18-19-17-14/h4-7H,8-11H2,1-3H3,(H,16,17,18,19). The molecule has 0 bridgehead atoms. The molecule has 1 saturated heterocycles. The normalized spacial score (nSPS) is 18.0. The largest absolute Gasteiger partial charge is 0.296 e. The molecule has 2 aromatic rings. The molecule has 3 rings (SSSR count). The van der Waals surface area contributed by atoms with E-state index in [4.69, 9.17) is 0 Å². The number of nitrogens with one attached hydrogen (secondary N) is 1. The smallest absolute Gasteiger partial charge is 0.243 e. The molecule has 1 aliphatic rings. The summed E-state index contributed by atoms with van der Waals surface area (Å²) < 4.78 is 27.2. The molecule has 1 N–H and O–H groups in total. The molecule has 0 spiro atoms. The first-order chi connectivity index (χ1) is 11.3. The average Bonchev–Trinajstić information content (AvgIpc) is 3.09. The molecule has 9 heteroatoms. The van der Waals surface area contributed by atoms with E-state index in [0.717, 1.165) is 18.7 Å². The van der Waals surface area contributed by atoms with E-state index in [1.807, 2.05) is 0 Å². The van der Waals surface area contributed by atoms with Gasteiger partial charge in [0, 0.05) is 37.3 Å². The van der Waals surface area contributed by atoms with Gasteiger partial charge in [0.05, 0.1) is 4.90 Å². The lowest BCUT2D eigenvalue weighted by Gasteiger charge is -2.41. The van der Waals surface area contributed by atoms with Gasteiger partial charge in [-0.25, -0.2) is 8.42 Å².